The van der Waals surface area contributed by atoms with Crippen molar-refractivity contribution in [1.82, 2.24) is 10.3 Å². The Labute approximate surface area is 107 Å². The average Bonchev–Trinajstić information content (AvgIpc) is 2.91. The van der Waals surface area contributed by atoms with Gasteiger partial charge in [0.25, 0.3) is 5.91 Å². The minimum Gasteiger partial charge on any atom is -0.352 e. The van der Waals surface area contributed by atoms with E-state index in [9.17, 15) is 4.79 Å². The third kappa shape index (κ3) is 3.07. The molecule has 0 radical (unpaired) electrons. The van der Waals surface area contributed by atoms with E-state index in [0.717, 1.165) is 12.3 Å². The highest BCUT2D eigenvalue weighted by atomic mass is 16.1. The fourth-order valence-corrected chi connectivity index (χ4v) is 2.46. The highest BCUT2D eigenvalue weighted by molar-refractivity contribution is 5.96. The van der Waals surface area contributed by atoms with Crippen LogP contribution in [0.4, 0.5) is 0 Å². The van der Waals surface area contributed by atoms with Gasteiger partial charge in [0.1, 0.15) is 6.07 Å². The fraction of sp³-hybridized carbons (Fsp3) is 0.500. The molecule has 0 spiro atoms. The van der Waals surface area contributed by atoms with Crippen molar-refractivity contribution in [1.29, 1.82) is 5.26 Å². The molecule has 0 aromatic carbocycles. The van der Waals surface area contributed by atoms with Gasteiger partial charge in [-0.25, -0.2) is 0 Å². The molecule has 0 saturated heterocycles. The van der Waals surface area contributed by atoms with Crippen molar-refractivity contribution in [3.63, 3.8) is 0 Å². The summed E-state index contributed by atoms with van der Waals surface area (Å²) >= 11 is 0. The van der Waals surface area contributed by atoms with E-state index in [4.69, 9.17) is 5.26 Å². The minimum atomic E-state index is -0.197. The van der Waals surface area contributed by atoms with Crippen LogP contribution in [0.25, 0.3) is 0 Å². The Kier molecular flexibility index (Phi) is 4.30. The molecule has 4 nitrogen and oxygen atoms in total. The Balaban J connectivity index is 1.85. The molecule has 0 aliphatic heterocycles. The molecule has 1 aliphatic rings. The summed E-state index contributed by atoms with van der Waals surface area (Å²) in [4.78, 5) is 15.8. The van der Waals surface area contributed by atoms with Crippen molar-refractivity contribution in [2.45, 2.75) is 32.1 Å². The van der Waals surface area contributed by atoms with Gasteiger partial charge in [-0.1, -0.05) is 25.7 Å². The number of pyridine rings is 1. The molecule has 1 heterocycles. The van der Waals surface area contributed by atoms with Crippen molar-refractivity contribution in [3.05, 3.63) is 29.6 Å². The minimum absolute atomic E-state index is 0.197. The maximum atomic E-state index is 11.9. The zero-order valence-corrected chi connectivity index (χ0v) is 10.4. The van der Waals surface area contributed by atoms with Gasteiger partial charge in [0, 0.05) is 18.9 Å². The van der Waals surface area contributed by atoms with Gasteiger partial charge in [0.05, 0.1) is 11.1 Å². The number of nitrogens with one attached hydrogen (secondary N) is 1. The van der Waals surface area contributed by atoms with E-state index in [-0.39, 0.29) is 5.91 Å². The first kappa shape index (κ1) is 12.6. The number of carbonyl (C=O) groups is 1. The smallest absolute Gasteiger partial charge is 0.254 e. The first-order valence-corrected chi connectivity index (χ1v) is 6.43. The van der Waals surface area contributed by atoms with Crippen LogP contribution in [0, 0.1) is 17.2 Å². The standard InChI is InChI=1S/C14H17N3O/c15-9-12-6-7-16-10-13(12)14(18)17-8-5-11-3-1-2-4-11/h6-7,10-11H,1-5,8H2,(H,17,18). The van der Waals surface area contributed by atoms with Crippen LogP contribution in [0.2, 0.25) is 0 Å². The third-order valence-corrected chi connectivity index (χ3v) is 3.50. The average molecular weight is 243 g/mol. The molecule has 1 fully saturated rings. The van der Waals surface area contributed by atoms with Gasteiger partial charge in [-0.3, -0.25) is 9.78 Å². The van der Waals surface area contributed by atoms with Crippen molar-refractivity contribution in [3.8, 4) is 6.07 Å². The van der Waals surface area contributed by atoms with Crippen molar-refractivity contribution >= 4 is 5.91 Å². The summed E-state index contributed by atoms with van der Waals surface area (Å²) in [6.07, 6.45) is 9.21. The molecule has 1 aromatic rings. The van der Waals surface area contributed by atoms with Crippen molar-refractivity contribution in [2.24, 2.45) is 5.92 Å². The lowest BCUT2D eigenvalue weighted by Gasteiger charge is -2.10. The molecule has 2 rings (SSSR count). The predicted molar refractivity (Wildman–Crippen MR) is 67.9 cm³/mol. The van der Waals surface area contributed by atoms with E-state index in [1.54, 1.807) is 6.07 Å². The Morgan fingerprint density at radius 3 is 3.00 bits per heavy atom. The summed E-state index contributed by atoms with van der Waals surface area (Å²) in [5.74, 6) is 0.562. The monoisotopic (exact) mass is 243 g/mol. The number of hydrogen-bond acceptors (Lipinski definition) is 3. The van der Waals surface area contributed by atoms with Crippen LogP contribution in [0.5, 0.6) is 0 Å². The van der Waals surface area contributed by atoms with Crippen molar-refractivity contribution < 1.29 is 4.79 Å². The first-order chi connectivity index (χ1) is 8.81. The van der Waals surface area contributed by atoms with E-state index in [1.165, 1.54) is 38.1 Å². The molecule has 18 heavy (non-hydrogen) atoms. The molecule has 1 amide bonds. The van der Waals surface area contributed by atoms with Crippen LogP contribution >= 0.6 is 0 Å². The molecule has 0 unspecified atom stereocenters. The van der Waals surface area contributed by atoms with E-state index in [1.807, 2.05) is 6.07 Å². The van der Waals surface area contributed by atoms with Crippen LogP contribution in [-0.4, -0.2) is 17.4 Å². The van der Waals surface area contributed by atoms with Crippen LogP contribution in [-0.2, 0) is 0 Å². The molecule has 4 heteroatoms. The predicted octanol–water partition coefficient (Wildman–Crippen LogP) is 2.26. The van der Waals surface area contributed by atoms with Crippen LogP contribution in [0.1, 0.15) is 48.0 Å². The number of nitrogens with zero attached hydrogens (tertiary/aromatic N) is 2. The van der Waals surface area contributed by atoms with E-state index >= 15 is 0 Å². The Morgan fingerprint density at radius 1 is 1.50 bits per heavy atom. The molecular weight excluding hydrogens is 226 g/mol. The summed E-state index contributed by atoms with van der Waals surface area (Å²) < 4.78 is 0. The maximum absolute atomic E-state index is 11.9. The van der Waals surface area contributed by atoms with E-state index in [0.29, 0.717) is 17.7 Å². The second-order valence-corrected chi connectivity index (χ2v) is 4.73. The largest absolute Gasteiger partial charge is 0.352 e. The molecule has 1 N–H and O–H groups in total. The lowest BCUT2D eigenvalue weighted by atomic mass is 10.0. The van der Waals surface area contributed by atoms with Gasteiger partial charge in [-0.2, -0.15) is 5.26 Å². The third-order valence-electron chi connectivity index (χ3n) is 3.50. The van der Waals surface area contributed by atoms with Gasteiger partial charge >= 0.3 is 0 Å². The SMILES string of the molecule is N#Cc1ccncc1C(=O)NCCC1CCCC1. The van der Waals surface area contributed by atoms with Crippen LogP contribution in [0.15, 0.2) is 18.5 Å². The summed E-state index contributed by atoms with van der Waals surface area (Å²) in [5.41, 5.74) is 0.745. The van der Waals surface area contributed by atoms with Gasteiger partial charge in [-0.15, -0.1) is 0 Å². The second-order valence-electron chi connectivity index (χ2n) is 4.73. The maximum Gasteiger partial charge on any atom is 0.254 e. The lowest BCUT2D eigenvalue weighted by molar-refractivity contribution is 0.0951. The van der Waals surface area contributed by atoms with Gasteiger partial charge in [-0.05, 0) is 18.4 Å². The molecule has 1 aliphatic carbocycles. The lowest BCUT2D eigenvalue weighted by Crippen LogP contribution is -2.26. The zero-order chi connectivity index (χ0) is 12.8. The van der Waals surface area contributed by atoms with E-state index < -0.39 is 0 Å². The van der Waals surface area contributed by atoms with Gasteiger partial charge in [0.2, 0.25) is 0 Å². The highest BCUT2D eigenvalue weighted by Gasteiger charge is 2.15. The molecule has 94 valence electrons. The Hall–Kier alpha value is -1.89. The number of amides is 1. The Bertz CT molecular complexity index is 458. The Morgan fingerprint density at radius 2 is 2.28 bits per heavy atom. The number of nitriles is 1. The molecule has 0 atom stereocenters. The summed E-state index contributed by atoms with van der Waals surface area (Å²) in [5, 5.41) is 11.8. The topological polar surface area (TPSA) is 65.8 Å². The number of hydrogen-bond donors (Lipinski definition) is 1. The number of rotatable bonds is 4. The van der Waals surface area contributed by atoms with Crippen molar-refractivity contribution in [2.75, 3.05) is 6.54 Å². The van der Waals surface area contributed by atoms with Gasteiger partial charge < -0.3 is 5.32 Å². The first-order valence-electron chi connectivity index (χ1n) is 6.43. The summed E-state index contributed by atoms with van der Waals surface area (Å²) in [6, 6.07) is 3.57. The molecule has 0 bridgehead atoms. The summed E-state index contributed by atoms with van der Waals surface area (Å²) in [7, 11) is 0. The van der Waals surface area contributed by atoms with E-state index in [2.05, 4.69) is 10.3 Å². The van der Waals surface area contributed by atoms with Gasteiger partial charge in [0.15, 0.2) is 0 Å². The normalized spacial score (nSPS) is 15.3. The summed E-state index contributed by atoms with van der Waals surface area (Å²) in [6.45, 7) is 0.684. The molecule has 1 saturated carbocycles. The number of carbonyl (C=O) groups excluding carboxylic acids is 1. The zero-order valence-electron chi connectivity index (χ0n) is 10.4. The second kappa shape index (κ2) is 6.15. The quantitative estimate of drug-likeness (QED) is 0.882. The fourth-order valence-electron chi connectivity index (χ4n) is 2.46. The number of aromatic nitrogens is 1. The highest BCUT2D eigenvalue weighted by Crippen LogP contribution is 2.26. The van der Waals surface area contributed by atoms with Crippen LogP contribution in [0.3, 0.4) is 0 Å². The molecule has 1 aromatic heterocycles. The molecular formula is C14H17N3O. The van der Waals surface area contributed by atoms with Crippen LogP contribution < -0.4 is 5.32 Å².